The third-order valence-corrected chi connectivity index (χ3v) is 20.0. The van der Waals surface area contributed by atoms with Crippen LogP contribution in [0.25, 0.3) is 111 Å². The molecule has 436 valence electrons. The summed E-state index contributed by atoms with van der Waals surface area (Å²) < 4.78 is 7.85. The van der Waals surface area contributed by atoms with Gasteiger partial charge >= 0.3 is 0 Å². The average molecular weight is 1140 g/mol. The second-order valence-corrected chi connectivity index (χ2v) is 24.3. The van der Waals surface area contributed by atoms with Gasteiger partial charge in [-0.2, -0.15) is 0 Å². The number of aromatic amines is 4. The fraction of sp³-hybridized carbons (Fsp3) is 0.325. The van der Waals surface area contributed by atoms with E-state index in [0.29, 0.717) is 6.42 Å². The number of nitrogens with zero attached hydrogens (tertiary/aromatic N) is 4. The minimum absolute atomic E-state index is 0.683. The first-order valence-corrected chi connectivity index (χ1v) is 31.8. The molecule has 8 aromatic rings. The molecule has 11 heterocycles. The number of aromatic nitrogens is 8. The topological polar surface area (TPSA) is 124 Å². The van der Waals surface area contributed by atoms with E-state index in [4.69, 9.17) is 24.7 Å². The van der Waals surface area contributed by atoms with Crippen LogP contribution in [0.5, 0.6) is 11.5 Å². The first-order valence-electron chi connectivity index (χ1n) is 31.8. The fourth-order valence-electron chi connectivity index (χ4n) is 15.2. The van der Waals surface area contributed by atoms with Gasteiger partial charge in [0.05, 0.1) is 56.6 Å². The van der Waals surface area contributed by atoms with E-state index in [1.165, 1.54) is 89.1 Å². The molecule has 0 aliphatic carbocycles. The SMILES string of the molecule is CCC1=C(C)c2cc3[nH]c(c(C)c3CC)c(-c3cccc4c3Oc3c(cccc3-c3c5nc(cc6[nH]c(cc7nc(cc8[nH]c3c(C)c8CC)C(C)=C7CC)c(CC)c6C)C(CC)=C5C)C4)c3nc(cc4[nH]c(cc1n2)c(CC)c4C)C(CC)=C3C. The number of benzene rings is 2. The number of para-hydroxylation sites is 2. The summed E-state index contributed by atoms with van der Waals surface area (Å²) in [5.41, 5.74) is 42.8. The quantitative estimate of drug-likeness (QED) is 0.109. The Bertz CT molecular complexity index is 4460. The molecule has 0 radical (unpaired) electrons. The van der Waals surface area contributed by atoms with Gasteiger partial charge in [-0.25, -0.2) is 19.9 Å². The van der Waals surface area contributed by atoms with Gasteiger partial charge in [0.25, 0.3) is 0 Å². The molecule has 5 aliphatic rings. The van der Waals surface area contributed by atoms with Gasteiger partial charge in [-0.3, -0.25) is 0 Å². The normalized spacial score (nSPS) is 14.0. The number of rotatable bonds is 10. The van der Waals surface area contributed by atoms with E-state index >= 15 is 0 Å². The van der Waals surface area contributed by atoms with Crippen molar-refractivity contribution in [3.8, 4) is 33.8 Å². The van der Waals surface area contributed by atoms with E-state index in [-0.39, 0.29) is 0 Å². The molecule has 0 amide bonds. The summed E-state index contributed by atoms with van der Waals surface area (Å²) in [6, 6.07) is 27.2. The minimum atomic E-state index is 0.683. The van der Waals surface area contributed by atoms with Crippen molar-refractivity contribution in [1.82, 2.24) is 39.9 Å². The summed E-state index contributed by atoms with van der Waals surface area (Å²) in [6.45, 7) is 36.1. The molecule has 0 spiro atoms. The number of fused-ring (bicyclic) bond motifs is 18. The molecule has 13 rings (SSSR count). The van der Waals surface area contributed by atoms with Gasteiger partial charge in [0, 0.05) is 61.8 Å². The highest BCUT2D eigenvalue weighted by Gasteiger charge is 2.32. The largest absolute Gasteiger partial charge is 0.455 e. The van der Waals surface area contributed by atoms with E-state index < -0.39 is 0 Å². The van der Waals surface area contributed by atoms with Crippen LogP contribution >= 0.6 is 0 Å². The number of aryl methyl sites for hydroxylation is 8. The maximum absolute atomic E-state index is 7.85. The van der Waals surface area contributed by atoms with Crippen molar-refractivity contribution in [2.45, 2.75) is 169 Å². The van der Waals surface area contributed by atoms with Crippen LogP contribution in [0.3, 0.4) is 0 Å². The van der Waals surface area contributed by atoms with Gasteiger partial charge in [0.2, 0.25) is 0 Å². The van der Waals surface area contributed by atoms with Crippen LogP contribution in [0.15, 0.2) is 72.8 Å². The standard InChI is InChI=1S/C77H82N8O/c1-17-48-38(9)58-32-66-52(21-5)42(13)72(82-66)70(73-43(14)53(22-6)67(83-73)33-59-39(10)49(18-2)63(79-59)36-62(48)78-58)56-29-25-27-46-31-47-28-26-30-57(77(47)86-76(46)56)71-74-44(15)54(23-7)68(84-74)34-60-40(11)50(19-3)64(80-60)37-65-51(20-4)41(12)61(81-65)35-69-55(24-8)45(16)75(71)85-69/h25-30,32-37,78,80,83,85H,17-24,31H2,1-16H3. The lowest BCUT2D eigenvalue weighted by atomic mass is 9.89. The summed E-state index contributed by atoms with van der Waals surface area (Å²) in [4.78, 5) is 38.4. The van der Waals surface area contributed by atoms with Gasteiger partial charge in [0.1, 0.15) is 11.5 Å². The molecule has 4 N–H and O–H groups in total. The van der Waals surface area contributed by atoms with Crippen LogP contribution in [-0.4, -0.2) is 39.9 Å². The van der Waals surface area contributed by atoms with E-state index in [9.17, 15) is 0 Å². The van der Waals surface area contributed by atoms with Crippen molar-refractivity contribution >= 4 is 88.7 Å². The maximum Gasteiger partial charge on any atom is 0.138 e. The Morgan fingerprint density at radius 1 is 0.349 bits per heavy atom. The van der Waals surface area contributed by atoms with Gasteiger partial charge < -0.3 is 24.7 Å². The molecule has 5 aliphatic heterocycles. The van der Waals surface area contributed by atoms with Crippen molar-refractivity contribution < 1.29 is 4.74 Å². The maximum atomic E-state index is 7.85. The van der Waals surface area contributed by atoms with Gasteiger partial charge in [-0.1, -0.05) is 91.8 Å². The smallest absolute Gasteiger partial charge is 0.138 e. The number of hydrogen-bond acceptors (Lipinski definition) is 5. The lowest BCUT2D eigenvalue weighted by Gasteiger charge is -2.26. The Morgan fingerprint density at radius 3 is 1.05 bits per heavy atom. The zero-order chi connectivity index (χ0) is 60.3. The molecule has 0 saturated carbocycles. The average Bonchev–Trinajstić information content (AvgIpc) is 1.70. The van der Waals surface area contributed by atoms with Crippen LogP contribution in [-0.2, 0) is 32.1 Å². The predicted octanol–water partition coefficient (Wildman–Crippen LogP) is 20.8. The second-order valence-electron chi connectivity index (χ2n) is 24.3. The number of ether oxygens (including phenoxy) is 1. The molecular formula is C77H82N8O. The third kappa shape index (κ3) is 8.68. The monoisotopic (exact) mass is 1130 g/mol. The van der Waals surface area contributed by atoms with E-state index in [0.717, 1.165) is 186 Å². The van der Waals surface area contributed by atoms with Gasteiger partial charge in [-0.15, -0.1) is 0 Å². The molecule has 0 saturated heterocycles. The molecule has 0 fully saturated rings. The van der Waals surface area contributed by atoms with Crippen LogP contribution in [0.4, 0.5) is 0 Å². The summed E-state index contributed by atoms with van der Waals surface area (Å²) in [6.07, 6.45) is 7.62. The highest BCUT2D eigenvalue weighted by Crippen LogP contribution is 2.52. The summed E-state index contributed by atoms with van der Waals surface area (Å²) >= 11 is 0. The van der Waals surface area contributed by atoms with E-state index in [1.807, 2.05) is 0 Å². The van der Waals surface area contributed by atoms with E-state index in [1.54, 1.807) is 0 Å². The minimum Gasteiger partial charge on any atom is -0.455 e. The number of allylic oxidation sites excluding steroid dienone is 8. The molecule has 9 nitrogen and oxygen atoms in total. The molecule has 0 atom stereocenters. The highest BCUT2D eigenvalue weighted by molar-refractivity contribution is 6.05. The van der Waals surface area contributed by atoms with Crippen LogP contribution in [0, 0.1) is 27.7 Å². The Labute approximate surface area is 507 Å². The molecule has 86 heavy (non-hydrogen) atoms. The summed E-state index contributed by atoms with van der Waals surface area (Å²) in [5, 5.41) is 0. The predicted molar refractivity (Wildman–Crippen MR) is 363 cm³/mol. The van der Waals surface area contributed by atoms with Gasteiger partial charge in [-0.05, 0) is 243 Å². The van der Waals surface area contributed by atoms with Crippen LogP contribution < -0.4 is 4.74 Å². The van der Waals surface area contributed by atoms with Crippen LogP contribution in [0.2, 0.25) is 0 Å². The first-order chi connectivity index (χ1) is 41.6. The molecule has 16 bridgehead atoms. The Balaban J connectivity index is 1.12. The Morgan fingerprint density at radius 2 is 0.674 bits per heavy atom. The van der Waals surface area contributed by atoms with Crippen molar-refractivity contribution in [3.63, 3.8) is 0 Å². The Hall–Kier alpha value is -8.56. The zero-order valence-electron chi connectivity index (χ0n) is 53.5. The molecular weight excluding hydrogens is 1050 g/mol. The second kappa shape index (κ2) is 21.7. The first kappa shape index (κ1) is 56.6. The van der Waals surface area contributed by atoms with Gasteiger partial charge in [0.15, 0.2) is 0 Å². The van der Waals surface area contributed by atoms with Crippen molar-refractivity contribution in [2.75, 3.05) is 0 Å². The number of nitrogens with one attached hydrogen (secondary N) is 4. The van der Waals surface area contributed by atoms with E-state index in [2.05, 4.69) is 204 Å². The lowest BCUT2D eigenvalue weighted by molar-refractivity contribution is 0.463. The number of H-pyrrole nitrogens is 4. The van der Waals surface area contributed by atoms with Crippen LogP contribution in [0.1, 0.15) is 210 Å². The summed E-state index contributed by atoms with van der Waals surface area (Å²) in [7, 11) is 0. The molecule has 0 unspecified atom stereocenters. The zero-order valence-corrected chi connectivity index (χ0v) is 53.5. The Kier molecular flexibility index (Phi) is 14.3. The van der Waals surface area contributed by atoms with Crippen molar-refractivity contribution in [2.24, 2.45) is 0 Å². The lowest BCUT2D eigenvalue weighted by Crippen LogP contribution is -2.07. The summed E-state index contributed by atoms with van der Waals surface area (Å²) in [5.74, 6) is 1.69. The van der Waals surface area contributed by atoms with Crippen molar-refractivity contribution in [3.05, 3.63) is 174 Å². The number of hydrogen-bond donors (Lipinski definition) is 4. The highest BCUT2D eigenvalue weighted by atomic mass is 16.5. The fourth-order valence-corrected chi connectivity index (χ4v) is 15.2. The molecule has 9 heteroatoms. The van der Waals surface area contributed by atoms with Crippen molar-refractivity contribution in [1.29, 1.82) is 0 Å². The molecule has 2 aromatic carbocycles. The molecule has 6 aromatic heterocycles. The third-order valence-electron chi connectivity index (χ3n) is 20.0.